The van der Waals surface area contributed by atoms with Crippen LogP contribution in [-0.4, -0.2) is 24.1 Å². The number of fused-ring (bicyclic) bond motifs is 1. The Bertz CT molecular complexity index is 813. The van der Waals surface area contributed by atoms with E-state index in [0.29, 0.717) is 0 Å². The van der Waals surface area contributed by atoms with Gasteiger partial charge in [-0.2, -0.15) is 0 Å². The highest BCUT2D eigenvalue weighted by Gasteiger charge is 2.16. The molecule has 0 atom stereocenters. The first-order chi connectivity index (χ1) is 10.6. The van der Waals surface area contributed by atoms with E-state index in [1.165, 1.54) is 10.4 Å². The third-order valence-corrected chi connectivity index (χ3v) is 4.91. The van der Waals surface area contributed by atoms with Crippen LogP contribution in [0.5, 0.6) is 5.75 Å². The molecule has 22 heavy (non-hydrogen) atoms. The zero-order chi connectivity index (χ0) is 15.7. The fourth-order valence-corrected chi connectivity index (χ4v) is 3.44. The van der Waals surface area contributed by atoms with Crippen LogP contribution in [0, 0.1) is 6.92 Å². The number of thiophene rings is 1. The third-order valence-electron chi connectivity index (χ3n) is 3.72. The van der Waals surface area contributed by atoms with Crippen LogP contribution in [0.4, 0.5) is 11.5 Å². The third kappa shape index (κ3) is 2.52. The van der Waals surface area contributed by atoms with E-state index in [9.17, 15) is 0 Å². The van der Waals surface area contributed by atoms with Crippen molar-refractivity contribution in [2.45, 2.75) is 20.3 Å². The molecule has 114 valence electrons. The summed E-state index contributed by atoms with van der Waals surface area (Å²) >= 11 is 1.73. The molecule has 0 aliphatic heterocycles. The molecule has 0 saturated carbocycles. The molecule has 0 spiro atoms. The quantitative estimate of drug-likeness (QED) is 0.718. The second kappa shape index (κ2) is 5.93. The summed E-state index contributed by atoms with van der Waals surface area (Å²) in [5, 5.41) is 1.09. The van der Waals surface area contributed by atoms with Crippen LogP contribution in [0.2, 0.25) is 0 Å². The molecular formula is C17H19N3OS. The second-order valence-electron chi connectivity index (χ2n) is 5.22. The van der Waals surface area contributed by atoms with Gasteiger partial charge < -0.3 is 9.64 Å². The standard InChI is InChI=1S/C17H19N3OS/c1-5-12-9-13-16(18-10-19-17(13)22-12)20(3)14-8-11(2)6-7-15(14)21-4/h6-10H,5H2,1-4H3. The van der Waals surface area contributed by atoms with E-state index in [-0.39, 0.29) is 0 Å². The Morgan fingerprint density at radius 3 is 2.77 bits per heavy atom. The lowest BCUT2D eigenvalue weighted by atomic mass is 10.2. The maximum atomic E-state index is 5.50. The van der Waals surface area contributed by atoms with Gasteiger partial charge in [-0.05, 0) is 37.1 Å². The molecule has 5 heteroatoms. The SMILES string of the molecule is CCc1cc2c(N(C)c3cc(C)ccc3OC)ncnc2s1. The molecule has 0 saturated heterocycles. The molecule has 0 N–H and O–H groups in total. The predicted molar refractivity (Wildman–Crippen MR) is 92.6 cm³/mol. The number of aryl methyl sites for hydroxylation is 2. The summed E-state index contributed by atoms with van der Waals surface area (Å²) in [4.78, 5) is 13.3. The second-order valence-corrected chi connectivity index (χ2v) is 6.33. The number of hydrogen-bond acceptors (Lipinski definition) is 5. The molecule has 1 aromatic carbocycles. The normalized spacial score (nSPS) is 10.9. The zero-order valence-electron chi connectivity index (χ0n) is 13.3. The van der Waals surface area contributed by atoms with Gasteiger partial charge >= 0.3 is 0 Å². The Kier molecular flexibility index (Phi) is 3.98. The zero-order valence-corrected chi connectivity index (χ0v) is 14.1. The van der Waals surface area contributed by atoms with Crippen molar-refractivity contribution in [2.75, 3.05) is 19.1 Å². The molecule has 3 aromatic rings. The van der Waals surface area contributed by atoms with Crippen molar-refractivity contribution in [1.29, 1.82) is 0 Å². The molecule has 0 radical (unpaired) electrons. The number of aromatic nitrogens is 2. The highest BCUT2D eigenvalue weighted by atomic mass is 32.1. The van der Waals surface area contributed by atoms with E-state index in [1.54, 1.807) is 24.8 Å². The number of anilines is 2. The molecule has 2 aromatic heterocycles. The summed E-state index contributed by atoms with van der Waals surface area (Å²) in [5.74, 6) is 1.75. The van der Waals surface area contributed by atoms with Gasteiger partial charge in [0.25, 0.3) is 0 Å². The van der Waals surface area contributed by atoms with Crippen LogP contribution in [0.3, 0.4) is 0 Å². The van der Waals surface area contributed by atoms with Crippen LogP contribution >= 0.6 is 11.3 Å². The Morgan fingerprint density at radius 1 is 1.23 bits per heavy atom. The van der Waals surface area contributed by atoms with E-state index >= 15 is 0 Å². The largest absolute Gasteiger partial charge is 0.495 e. The first-order valence-corrected chi connectivity index (χ1v) is 8.07. The summed E-state index contributed by atoms with van der Waals surface area (Å²) in [6, 6.07) is 8.34. The van der Waals surface area contributed by atoms with Crippen molar-refractivity contribution in [3.63, 3.8) is 0 Å². The van der Waals surface area contributed by atoms with Crippen molar-refractivity contribution in [3.8, 4) is 5.75 Å². The van der Waals surface area contributed by atoms with Gasteiger partial charge in [0.05, 0.1) is 18.2 Å². The van der Waals surface area contributed by atoms with Gasteiger partial charge in [0, 0.05) is 11.9 Å². The molecule has 4 nitrogen and oxygen atoms in total. The summed E-state index contributed by atoms with van der Waals surface area (Å²) in [7, 11) is 3.71. The van der Waals surface area contributed by atoms with Gasteiger partial charge in [0.15, 0.2) is 0 Å². The summed E-state index contributed by atoms with van der Waals surface area (Å²) < 4.78 is 5.50. The minimum Gasteiger partial charge on any atom is -0.495 e. The average Bonchev–Trinajstić information content (AvgIpc) is 2.97. The van der Waals surface area contributed by atoms with Gasteiger partial charge in [0.1, 0.15) is 22.7 Å². The highest BCUT2D eigenvalue weighted by Crippen LogP contribution is 2.37. The molecule has 0 amide bonds. The predicted octanol–water partition coefficient (Wildman–Crippen LogP) is 4.34. The lowest BCUT2D eigenvalue weighted by molar-refractivity contribution is 0.415. The Balaban J connectivity index is 2.14. The maximum Gasteiger partial charge on any atom is 0.145 e. The number of rotatable bonds is 4. The minimum absolute atomic E-state index is 0.839. The number of ether oxygens (including phenoxy) is 1. The van der Waals surface area contributed by atoms with E-state index in [2.05, 4.69) is 40.8 Å². The smallest absolute Gasteiger partial charge is 0.145 e. The van der Waals surface area contributed by atoms with Crippen LogP contribution < -0.4 is 9.64 Å². The average molecular weight is 313 g/mol. The Hall–Kier alpha value is -2.14. The van der Waals surface area contributed by atoms with Crippen molar-refractivity contribution in [3.05, 3.63) is 41.0 Å². The molecule has 0 aliphatic rings. The molecular weight excluding hydrogens is 294 g/mol. The van der Waals surface area contributed by atoms with Crippen LogP contribution in [0.15, 0.2) is 30.6 Å². The monoisotopic (exact) mass is 313 g/mol. The first-order valence-electron chi connectivity index (χ1n) is 7.25. The fraction of sp³-hybridized carbons (Fsp3) is 0.294. The molecule has 0 fully saturated rings. The summed E-state index contributed by atoms with van der Waals surface area (Å²) in [6.45, 7) is 4.23. The van der Waals surface area contributed by atoms with Crippen molar-refractivity contribution < 1.29 is 4.74 Å². The van der Waals surface area contributed by atoms with Gasteiger partial charge in [-0.3, -0.25) is 0 Å². The first kappa shape index (κ1) is 14.8. The summed E-state index contributed by atoms with van der Waals surface area (Å²) in [6.07, 6.45) is 2.64. The maximum absolute atomic E-state index is 5.50. The van der Waals surface area contributed by atoms with Crippen LogP contribution in [-0.2, 0) is 6.42 Å². The van der Waals surface area contributed by atoms with E-state index in [4.69, 9.17) is 4.74 Å². The lowest BCUT2D eigenvalue weighted by Crippen LogP contribution is -2.13. The molecule has 0 unspecified atom stereocenters. The van der Waals surface area contributed by atoms with Gasteiger partial charge in [-0.15, -0.1) is 11.3 Å². The van der Waals surface area contributed by atoms with Gasteiger partial charge in [-0.25, -0.2) is 9.97 Å². The Labute approximate surface area is 134 Å². The van der Waals surface area contributed by atoms with Gasteiger partial charge in [0.2, 0.25) is 0 Å². The topological polar surface area (TPSA) is 38.2 Å². The molecule has 0 bridgehead atoms. The number of hydrogen-bond donors (Lipinski definition) is 0. The van der Waals surface area contributed by atoms with Crippen LogP contribution in [0.25, 0.3) is 10.2 Å². The number of benzene rings is 1. The van der Waals surface area contributed by atoms with Crippen molar-refractivity contribution in [2.24, 2.45) is 0 Å². The van der Waals surface area contributed by atoms with Crippen LogP contribution in [0.1, 0.15) is 17.4 Å². The van der Waals surface area contributed by atoms with Gasteiger partial charge in [-0.1, -0.05) is 13.0 Å². The summed E-state index contributed by atoms with van der Waals surface area (Å²) in [5.41, 5.74) is 2.19. The Morgan fingerprint density at radius 2 is 2.05 bits per heavy atom. The van der Waals surface area contributed by atoms with E-state index < -0.39 is 0 Å². The molecule has 3 rings (SSSR count). The molecule has 2 heterocycles. The number of methoxy groups -OCH3 is 1. The number of nitrogens with zero attached hydrogens (tertiary/aromatic N) is 3. The van der Waals surface area contributed by atoms with E-state index in [0.717, 1.165) is 33.9 Å². The van der Waals surface area contributed by atoms with Crippen molar-refractivity contribution >= 4 is 33.1 Å². The lowest BCUT2D eigenvalue weighted by Gasteiger charge is -2.21. The minimum atomic E-state index is 0.839. The highest BCUT2D eigenvalue weighted by molar-refractivity contribution is 7.18. The fourth-order valence-electron chi connectivity index (χ4n) is 2.51. The molecule has 0 aliphatic carbocycles. The van der Waals surface area contributed by atoms with E-state index in [1.807, 2.05) is 19.2 Å². The van der Waals surface area contributed by atoms with Crippen molar-refractivity contribution in [1.82, 2.24) is 9.97 Å².